The highest BCUT2D eigenvalue weighted by atomic mass is 32.1. The van der Waals surface area contributed by atoms with E-state index in [2.05, 4.69) is 15.0 Å². The molecule has 0 aliphatic carbocycles. The Morgan fingerprint density at radius 1 is 1.32 bits per heavy atom. The Kier molecular flexibility index (Phi) is 3.96. The number of thiophene rings is 1. The number of carbonyl (C=O) groups is 1. The third kappa shape index (κ3) is 2.89. The Bertz CT molecular complexity index is 974. The van der Waals surface area contributed by atoms with Crippen LogP contribution in [0.1, 0.15) is 12.8 Å². The summed E-state index contributed by atoms with van der Waals surface area (Å²) in [4.78, 5) is 38.7. The minimum Gasteiger partial charge on any atom is -0.369 e. The molecule has 3 N–H and O–H groups in total. The number of hydrogen-bond acceptors (Lipinski definition) is 6. The minimum atomic E-state index is -0.262. The van der Waals surface area contributed by atoms with E-state index >= 15 is 0 Å². The van der Waals surface area contributed by atoms with Gasteiger partial charge in [-0.15, -0.1) is 11.3 Å². The maximum atomic E-state index is 12.7. The summed E-state index contributed by atoms with van der Waals surface area (Å²) in [6.07, 6.45) is 3.01. The molecule has 3 aromatic heterocycles. The molecule has 25 heavy (non-hydrogen) atoms. The number of amides is 1. The second-order valence-corrected chi connectivity index (χ2v) is 7.04. The summed E-state index contributed by atoms with van der Waals surface area (Å²) in [5.41, 5.74) is 6.45. The van der Waals surface area contributed by atoms with Gasteiger partial charge >= 0.3 is 0 Å². The van der Waals surface area contributed by atoms with Crippen LogP contribution in [0.4, 0.5) is 5.95 Å². The van der Waals surface area contributed by atoms with Crippen molar-refractivity contribution in [3.8, 4) is 10.4 Å². The monoisotopic (exact) mass is 355 g/mol. The molecule has 0 radical (unpaired) electrons. The van der Waals surface area contributed by atoms with Crippen molar-refractivity contribution in [2.24, 2.45) is 11.7 Å². The average Bonchev–Trinajstić information content (AvgIpc) is 3.15. The quantitative estimate of drug-likeness (QED) is 0.745. The highest BCUT2D eigenvalue weighted by molar-refractivity contribution is 7.13. The van der Waals surface area contributed by atoms with Crippen LogP contribution in [-0.2, 0) is 4.79 Å². The number of fused-ring (bicyclic) bond motifs is 1. The zero-order chi connectivity index (χ0) is 17.4. The van der Waals surface area contributed by atoms with Crippen molar-refractivity contribution in [2.75, 3.05) is 18.0 Å². The van der Waals surface area contributed by atoms with Crippen molar-refractivity contribution in [1.82, 2.24) is 15.0 Å². The average molecular weight is 355 g/mol. The second-order valence-electron chi connectivity index (χ2n) is 6.09. The standard InChI is InChI=1S/C17H17N5O2S/c18-14(23)10-4-7-22(8-5-10)17-20-15-13(16(24)21-17)11(3-6-19-15)12-2-1-9-25-12/h1-3,6,9-10H,4-5,7-8H2,(H2,18,23)(H,19,20,21,24). The maximum absolute atomic E-state index is 12.7. The van der Waals surface area contributed by atoms with E-state index in [9.17, 15) is 9.59 Å². The number of piperidine rings is 1. The molecule has 1 fully saturated rings. The van der Waals surface area contributed by atoms with Crippen LogP contribution in [-0.4, -0.2) is 33.9 Å². The molecule has 3 aromatic rings. The van der Waals surface area contributed by atoms with Crippen molar-refractivity contribution >= 4 is 34.2 Å². The molecule has 1 amide bonds. The van der Waals surface area contributed by atoms with Crippen molar-refractivity contribution < 1.29 is 4.79 Å². The highest BCUT2D eigenvalue weighted by Crippen LogP contribution is 2.29. The van der Waals surface area contributed by atoms with Crippen LogP contribution in [0.3, 0.4) is 0 Å². The fourth-order valence-electron chi connectivity index (χ4n) is 3.21. The SMILES string of the molecule is NC(=O)C1CCN(c2nc3nccc(-c4cccs4)c3c(=O)[nH]2)CC1. The van der Waals surface area contributed by atoms with Crippen LogP contribution in [0, 0.1) is 5.92 Å². The first kappa shape index (κ1) is 15.8. The molecular weight excluding hydrogens is 338 g/mol. The number of anilines is 1. The number of nitrogens with two attached hydrogens (primary N) is 1. The molecule has 0 aromatic carbocycles. The highest BCUT2D eigenvalue weighted by Gasteiger charge is 2.25. The van der Waals surface area contributed by atoms with Crippen LogP contribution in [0.15, 0.2) is 34.6 Å². The van der Waals surface area contributed by atoms with Gasteiger partial charge in [0, 0.05) is 35.6 Å². The first-order valence-electron chi connectivity index (χ1n) is 8.10. The van der Waals surface area contributed by atoms with Gasteiger partial charge in [0.15, 0.2) is 5.65 Å². The number of hydrogen-bond donors (Lipinski definition) is 2. The van der Waals surface area contributed by atoms with Gasteiger partial charge in [0.25, 0.3) is 5.56 Å². The van der Waals surface area contributed by atoms with Crippen LogP contribution in [0.25, 0.3) is 21.5 Å². The molecule has 1 aliphatic heterocycles. The van der Waals surface area contributed by atoms with Gasteiger partial charge in [-0.3, -0.25) is 14.6 Å². The summed E-state index contributed by atoms with van der Waals surface area (Å²) in [7, 11) is 0. The molecule has 0 unspecified atom stereocenters. The Labute approximate surface area is 147 Å². The van der Waals surface area contributed by atoms with E-state index in [1.54, 1.807) is 17.5 Å². The lowest BCUT2D eigenvalue weighted by Crippen LogP contribution is -2.40. The van der Waals surface area contributed by atoms with E-state index < -0.39 is 0 Å². The molecule has 0 bridgehead atoms. The van der Waals surface area contributed by atoms with Gasteiger partial charge < -0.3 is 10.6 Å². The van der Waals surface area contributed by atoms with Gasteiger partial charge in [-0.05, 0) is 30.4 Å². The summed E-state index contributed by atoms with van der Waals surface area (Å²) in [5, 5.41) is 2.47. The topological polar surface area (TPSA) is 105 Å². The molecule has 4 heterocycles. The van der Waals surface area contributed by atoms with Gasteiger partial charge in [-0.1, -0.05) is 6.07 Å². The Morgan fingerprint density at radius 3 is 2.80 bits per heavy atom. The van der Waals surface area contributed by atoms with E-state index in [1.807, 2.05) is 28.5 Å². The molecule has 7 nitrogen and oxygen atoms in total. The molecule has 4 rings (SSSR count). The lowest BCUT2D eigenvalue weighted by atomic mass is 9.96. The number of aromatic nitrogens is 3. The molecule has 128 valence electrons. The van der Waals surface area contributed by atoms with Crippen molar-refractivity contribution in [3.05, 3.63) is 40.1 Å². The third-order valence-electron chi connectivity index (χ3n) is 4.58. The lowest BCUT2D eigenvalue weighted by Gasteiger charge is -2.30. The van der Waals surface area contributed by atoms with Crippen LogP contribution in [0.2, 0.25) is 0 Å². The number of pyridine rings is 1. The predicted octanol–water partition coefficient (Wildman–Crippen LogP) is 1.75. The molecule has 0 spiro atoms. The normalized spacial score (nSPS) is 15.6. The number of H-pyrrole nitrogens is 1. The van der Waals surface area contributed by atoms with E-state index in [4.69, 9.17) is 5.73 Å². The van der Waals surface area contributed by atoms with Gasteiger partial charge in [-0.25, -0.2) is 4.98 Å². The van der Waals surface area contributed by atoms with Gasteiger partial charge in [0.2, 0.25) is 11.9 Å². The van der Waals surface area contributed by atoms with Crippen LogP contribution in [0.5, 0.6) is 0 Å². The summed E-state index contributed by atoms with van der Waals surface area (Å²) < 4.78 is 0. The summed E-state index contributed by atoms with van der Waals surface area (Å²) >= 11 is 1.57. The molecular formula is C17H17N5O2S. The molecule has 0 atom stereocenters. The number of nitrogens with one attached hydrogen (secondary N) is 1. The largest absolute Gasteiger partial charge is 0.369 e. The first-order valence-corrected chi connectivity index (χ1v) is 8.98. The molecule has 1 saturated heterocycles. The molecule has 0 saturated carbocycles. The van der Waals surface area contributed by atoms with Crippen molar-refractivity contribution in [1.29, 1.82) is 0 Å². The van der Waals surface area contributed by atoms with Crippen LogP contribution >= 0.6 is 11.3 Å². The zero-order valence-electron chi connectivity index (χ0n) is 13.4. The van der Waals surface area contributed by atoms with Gasteiger partial charge in [-0.2, -0.15) is 4.98 Å². The van der Waals surface area contributed by atoms with Crippen molar-refractivity contribution in [2.45, 2.75) is 12.8 Å². The summed E-state index contributed by atoms with van der Waals surface area (Å²) in [6.45, 7) is 1.26. The molecule has 1 aliphatic rings. The Hall–Kier alpha value is -2.74. The minimum absolute atomic E-state index is 0.105. The van der Waals surface area contributed by atoms with E-state index in [-0.39, 0.29) is 17.4 Å². The fraction of sp³-hybridized carbons (Fsp3) is 0.294. The van der Waals surface area contributed by atoms with Gasteiger partial charge in [0.05, 0.1) is 5.39 Å². The Balaban J connectivity index is 1.72. The predicted molar refractivity (Wildman–Crippen MR) is 97.6 cm³/mol. The summed E-state index contributed by atoms with van der Waals surface area (Å²) in [6, 6.07) is 5.76. The van der Waals surface area contributed by atoms with Crippen molar-refractivity contribution in [3.63, 3.8) is 0 Å². The first-order chi connectivity index (χ1) is 12.1. The molecule has 8 heteroatoms. The zero-order valence-corrected chi connectivity index (χ0v) is 14.3. The number of nitrogens with zero attached hydrogens (tertiary/aromatic N) is 3. The van der Waals surface area contributed by atoms with E-state index in [0.29, 0.717) is 42.9 Å². The van der Waals surface area contributed by atoms with E-state index in [0.717, 1.165) is 10.4 Å². The number of aromatic amines is 1. The van der Waals surface area contributed by atoms with E-state index in [1.165, 1.54) is 0 Å². The summed E-state index contributed by atoms with van der Waals surface area (Å²) in [5.74, 6) is 0.130. The number of primary amides is 1. The third-order valence-corrected chi connectivity index (χ3v) is 5.48. The Morgan fingerprint density at radius 2 is 2.12 bits per heavy atom. The smallest absolute Gasteiger partial charge is 0.262 e. The van der Waals surface area contributed by atoms with Gasteiger partial charge in [0.1, 0.15) is 0 Å². The number of rotatable bonds is 3. The number of carbonyl (C=O) groups excluding carboxylic acids is 1. The van der Waals surface area contributed by atoms with Crippen LogP contribution < -0.4 is 16.2 Å². The fourth-order valence-corrected chi connectivity index (χ4v) is 3.97. The maximum Gasteiger partial charge on any atom is 0.262 e. The lowest BCUT2D eigenvalue weighted by molar-refractivity contribution is -0.122. The second kappa shape index (κ2) is 6.29.